The lowest BCUT2D eigenvalue weighted by molar-refractivity contribution is 0.102. The third-order valence-electron chi connectivity index (χ3n) is 4.90. The van der Waals surface area contributed by atoms with Crippen LogP contribution in [-0.4, -0.2) is 31.7 Å². The van der Waals surface area contributed by atoms with E-state index < -0.39 is 10.0 Å². The molecule has 164 valence electrons. The van der Waals surface area contributed by atoms with E-state index in [4.69, 9.17) is 0 Å². The first-order chi connectivity index (χ1) is 14.7. The van der Waals surface area contributed by atoms with Crippen molar-refractivity contribution in [1.29, 1.82) is 0 Å². The van der Waals surface area contributed by atoms with Gasteiger partial charge in [0.1, 0.15) is 0 Å². The molecule has 3 aromatic rings. The minimum Gasteiger partial charge on any atom is -0.322 e. The van der Waals surface area contributed by atoms with Crippen LogP contribution >= 0.6 is 0 Å². The summed E-state index contributed by atoms with van der Waals surface area (Å²) in [4.78, 5) is 12.9. The number of hydrogen-bond acceptors (Lipinski definition) is 3. The molecule has 3 aromatic carbocycles. The van der Waals surface area contributed by atoms with Crippen molar-refractivity contribution in [1.82, 2.24) is 4.31 Å². The maximum Gasteiger partial charge on any atom is 0.255 e. The Kier molecular flexibility index (Phi) is 7.13. The molecule has 1 N–H and O–H groups in total. The van der Waals surface area contributed by atoms with Crippen molar-refractivity contribution in [2.75, 3.05) is 18.4 Å². The summed E-state index contributed by atoms with van der Waals surface area (Å²) in [6.45, 7) is 8.94. The molecule has 0 spiro atoms. The Hall–Kier alpha value is -2.70. The van der Waals surface area contributed by atoms with Crippen molar-refractivity contribution in [2.24, 2.45) is 11.8 Å². The summed E-state index contributed by atoms with van der Waals surface area (Å²) in [6, 6.07) is 19.8. The van der Waals surface area contributed by atoms with Crippen LogP contribution in [0, 0.1) is 11.8 Å². The number of nitrogens with zero attached hydrogens (tertiary/aromatic N) is 1. The second kappa shape index (κ2) is 9.62. The van der Waals surface area contributed by atoms with Gasteiger partial charge in [-0.1, -0.05) is 58.0 Å². The number of fused-ring (bicyclic) bond motifs is 1. The SMILES string of the molecule is CC(C)CN(CC(C)C)S(=O)(=O)c1ccc(C(=O)Nc2ccc3ccccc3c2)cc1. The summed E-state index contributed by atoms with van der Waals surface area (Å²) in [5.41, 5.74) is 1.10. The minimum atomic E-state index is -3.62. The summed E-state index contributed by atoms with van der Waals surface area (Å²) in [7, 11) is -3.62. The number of nitrogens with one attached hydrogen (secondary N) is 1. The quantitative estimate of drug-likeness (QED) is 0.512. The van der Waals surface area contributed by atoms with Crippen LogP contribution in [0.25, 0.3) is 10.8 Å². The van der Waals surface area contributed by atoms with Gasteiger partial charge in [-0.25, -0.2) is 8.42 Å². The molecule has 0 saturated carbocycles. The number of carbonyl (C=O) groups is 1. The van der Waals surface area contributed by atoms with Crippen LogP contribution in [0.4, 0.5) is 5.69 Å². The molecule has 31 heavy (non-hydrogen) atoms. The van der Waals surface area contributed by atoms with Crippen molar-refractivity contribution in [3.8, 4) is 0 Å². The van der Waals surface area contributed by atoms with E-state index in [1.165, 1.54) is 16.4 Å². The molecule has 5 nitrogen and oxygen atoms in total. The lowest BCUT2D eigenvalue weighted by Crippen LogP contribution is -2.37. The lowest BCUT2D eigenvalue weighted by atomic mass is 10.1. The predicted molar refractivity (Wildman–Crippen MR) is 127 cm³/mol. The van der Waals surface area contributed by atoms with Gasteiger partial charge in [0, 0.05) is 24.3 Å². The van der Waals surface area contributed by atoms with Crippen LogP contribution in [0.15, 0.2) is 71.6 Å². The zero-order valence-electron chi connectivity index (χ0n) is 18.5. The Balaban J connectivity index is 1.78. The molecule has 6 heteroatoms. The van der Waals surface area contributed by atoms with Gasteiger partial charge in [-0.3, -0.25) is 4.79 Å². The molecule has 0 radical (unpaired) electrons. The molecular weight excluding hydrogens is 408 g/mol. The number of rotatable bonds is 8. The summed E-state index contributed by atoms with van der Waals surface area (Å²) in [6.07, 6.45) is 0. The van der Waals surface area contributed by atoms with Gasteiger partial charge in [0.25, 0.3) is 5.91 Å². The zero-order chi connectivity index (χ0) is 22.6. The molecule has 0 heterocycles. The molecular formula is C25H30N2O3S. The normalized spacial score (nSPS) is 12.1. The number of carbonyl (C=O) groups excluding carboxylic acids is 1. The number of hydrogen-bond donors (Lipinski definition) is 1. The van der Waals surface area contributed by atoms with Gasteiger partial charge in [-0.05, 0) is 59.0 Å². The standard InChI is InChI=1S/C25H30N2O3S/c1-18(2)16-27(17-19(3)4)31(29,30)24-13-10-21(11-14-24)25(28)26-23-12-9-20-7-5-6-8-22(20)15-23/h5-15,18-19H,16-17H2,1-4H3,(H,26,28). The maximum atomic E-state index is 13.1. The fourth-order valence-electron chi connectivity index (χ4n) is 3.48. The van der Waals surface area contributed by atoms with Gasteiger partial charge in [0.05, 0.1) is 4.90 Å². The molecule has 0 saturated heterocycles. The van der Waals surface area contributed by atoms with Gasteiger partial charge in [-0.2, -0.15) is 4.31 Å². The zero-order valence-corrected chi connectivity index (χ0v) is 19.3. The van der Waals surface area contributed by atoms with E-state index in [9.17, 15) is 13.2 Å². The van der Waals surface area contributed by atoms with Crippen molar-refractivity contribution in [2.45, 2.75) is 32.6 Å². The van der Waals surface area contributed by atoms with E-state index in [0.717, 1.165) is 10.8 Å². The molecule has 0 unspecified atom stereocenters. The molecule has 0 aliphatic rings. The molecule has 3 rings (SSSR count). The topological polar surface area (TPSA) is 66.5 Å². The second-order valence-corrected chi connectivity index (χ2v) is 10.6. The van der Waals surface area contributed by atoms with Crippen LogP contribution in [0.1, 0.15) is 38.1 Å². The first kappa shape index (κ1) is 23.0. The molecule has 0 fully saturated rings. The van der Waals surface area contributed by atoms with E-state index in [-0.39, 0.29) is 22.6 Å². The molecule has 0 bridgehead atoms. The van der Waals surface area contributed by atoms with E-state index >= 15 is 0 Å². The van der Waals surface area contributed by atoms with Crippen molar-refractivity contribution in [3.63, 3.8) is 0 Å². The molecule has 0 aliphatic heterocycles. The first-order valence-electron chi connectivity index (χ1n) is 10.6. The van der Waals surface area contributed by atoms with Gasteiger partial charge < -0.3 is 5.32 Å². The Labute approximate surface area is 185 Å². The molecule has 0 atom stereocenters. The second-order valence-electron chi connectivity index (χ2n) is 8.65. The highest BCUT2D eigenvalue weighted by Crippen LogP contribution is 2.22. The van der Waals surface area contributed by atoms with Crippen molar-refractivity contribution in [3.05, 3.63) is 72.3 Å². The Morgan fingerprint density at radius 2 is 1.42 bits per heavy atom. The van der Waals surface area contributed by atoms with E-state index in [1.54, 1.807) is 12.1 Å². The fraction of sp³-hybridized carbons (Fsp3) is 0.320. The summed E-state index contributed by atoms with van der Waals surface area (Å²) in [5, 5.41) is 5.02. The maximum absolute atomic E-state index is 13.1. The average Bonchev–Trinajstić information content (AvgIpc) is 2.72. The van der Waals surface area contributed by atoms with Gasteiger partial charge in [0.2, 0.25) is 10.0 Å². The minimum absolute atomic E-state index is 0.205. The number of amides is 1. The van der Waals surface area contributed by atoms with Crippen LogP contribution in [0.2, 0.25) is 0 Å². The van der Waals surface area contributed by atoms with Crippen LogP contribution in [0.5, 0.6) is 0 Å². The van der Waals surface area contributed by atoms with Gasteiger partial charge in [-0.15, -0.1) is 0 Å². The Bertz CT molecular complexity index is 1140. The molecule has 1 amide bonds. The predicted octanol–water partition coefficient (Wildman–Crippen LogP) is 5.39. The van der Waals surface area contributed by atoms with E-state index in [0.29, 0.717) is 24.3 Å². The van der Waals surface area contributed by atoms with Crippen molar-refractivity contribution < 1.29 is 13.2 Å². The molecule has 0 aromatic heterocycles. The summed E-state index contributed by atoms with van der Waals surface area (Å²) >= 11 is 0. The fourth-order valence-corrected chi connectivity index (χ4v) is 5.25. The van der Waals surface area contributed by atoms with E-state index in [1.807, 2.05) is 70.2 Å². The molecule has 0 aliphatic carbocycles. The third kappa shape index (κ3) is 5.71. The lowest BCUT2D eigenvalue weighted by Gasteiger charge is -2.25. The van der Waals surface area contributed by atoms with Crippen LogP contribution < -0.4 is 5.32 Å². The number of anilines is 1. The largest absolute Gasteiger partial charge is 0.322 e. The van der Waals surface area contributed by atoms with Crippen LogP contribution in [-0.2, 0) is 10.0 Å². The smallest absolute Gasteiger partial charge is 0.255 e. The van der Waals surface area contributed by atoms with E-state index in [2.05, 4.69) is 5.32 Å². The summed E-state index contributed by atoms with van der Waals surface area (Å²) in [5.74, 6) is 0.168. The van der Waals surface area contributed by atoms with Gasteiger partial charge >= 0.3 is 0 Å². The number of benzene rings is 3. The number of sulfonamides is 1. The first-order valence-corrected chi connectivity index (χ1v) is 12.0. The van der Waals surface area contributed by atoms with Gasteiger partial charge in [0.15, 0.2) is 0 Å². The Morgan fingerprint density at radius 3 is 2.00 bits per heavy atom. The summed E-state index contributed by atoms with van der Waals surface area (Å²) < 4.78 is 27.8. The van der Waals surface area contributed by atoms with Crippen molar-refractivity contribution >= 4 is 32.4 Å². The Morgan fingerprint density at radius 1 is 0.839 bits per heavy atom. The monoisotopic (exact) mass is 438 g/mol. The highest BCUT2D eigenvalue weighted by molar-refractivity contribution is 7.89. The highest BCUT2D eigenvalue weighted by atomic mass is 32.2. The highest BCUT2D eigenvalue weighted by Gasteiger charge is 2.26. The van der Waals surface area contributed by atoms with Crippen LogP contribution in [0.3, 0.4) is 0 Å². The average molecular weight is 439 g/mol. The third-order valence-corrected chi connectivity index (χ3v) is 6.75.